The van der Waals surface area contributed by atoms with Crippen LogP contribution in [-0.4, -0.2) is 16.2 Å². The maximum Gasteiger partial charge on any atom is 0.338 e. The highest BCUT2D eigenvalue weighted by atomic mass is 16.5. The van der Waals surface area contributed by atoms with E-state index in [0.29, 0.717) is 16.7 Å². The summed E-state index contributed by atoms with van der Waals surface area (Å²) in [4.78, 5) is 11.4. The van der Waals surface area contributed by atoms with Crippen molar-refractivity contribution in [3.8, 4) is 17.2 Å². The van der Waals surface area contributed by atoms with Crippen LogP contribution >= 0.6 is 0 Å². The van der Waals surface area contributed by atoms with Crippen molar-refractivity contribution in [3.05, 3.63) is 42.5 Å². The van der Waals surface area contributed by atoms with Gasteiger partial charge in [0.1, 0.15) is 5.75 Å². The first-order chi connectivity index (χ1) is 8.47. The minimum absolute atomic E-state index is 0.186. The zero-order chi connectivity index (χ0) is 13.3. The molecule has 0 radical (unpaired) electrons. The third-order valence-electron chi connectivity index (χ3n) is 2.46. The number of hydrogen-bond donors (Lipinski definition) is 2. The predicted molar refractivity (Wildman–Crippen MR) is 67.7 cm³/mol. The average molecular weight is 244 g/mol. The van der Waals surface area contributed by atoms with Gasteiger partial charge in [-0.2, -0.15) is 0 Å². The molecule has 0 unspecified atom stereocenters. The molecule has 0 aliphatic carbocycles. The highest BCUT2D eigenvalue weighted by molar-refractivity contribution is 5.91. The summed E-state index contributed by atoms with van der Waals surface area (Å²) in [5.41, 5.74) is 0.309. The molecule has 92 valence electrons. The standard InChI is InChI=1S/C14H12O4/c1-8(2)14(17)18-11-4-3-9-6-12(15)13(16)7-10(9)5-11/h3-7,15-16H,1H2,2H3. The smallest absolute Gasteiger partial charge is 0.338 e. The molecule has 4 nitrogen and oxygen atoms in total. The maximum atomic E-state index is 11.4. The summed E-state index contributed by atoms with van der Waals surface area (Å²) < 4.78 is 5.07. The van der Waals surface area contributed by atoms with Crippen LogP contribution in [0.2, 0.25) is 0 Å². The Hall–Kier alpha value is -2.49. The molecule has 2 aromatic carbocycles. The van der Waals surface area contributed by atoms with Gasteiger partial charge in [0.15, 0.2) is 11.5 Å². The van der Waals surface area contributed by atoms with Crippen molar-refractivity contribution in [2.24, 2.45) is 0 Å². The lowest BCUT2D eigenvalue weighted by Gasteiger charge is -2.06. The van der Waals surface area contributed by atoms with Crippen molar-refractivity contribution >= 4 is 16.7 Å². The van der Waals surface area contributed by atoms with E-state index in [2.05, 4.69) is 6.58 Å². The van der Waals surface area contributed by atoms with Crippen LogP contribution in [0.5, 0.6) is 17.2 Å². The van der Waals surface area contributed by atoms with E-state index in [4.69, 9.17) is 4.74 Å². The monoisotopic (exact) mass is 244 g/mol. The number of phenolic OH excluding ortho intramolecular Hbond substituents is 2. The summed E-state index contributed by atoms with van der Waals surface area (Å²) in [6.07, 6.45) is 0. The topological polar surface area (TPSA) is 66.8 Å². The molecule has 4 heteroatoms. The van der Waals surface area contributed by atoms with Crippen LogP contribution in [0.3, 0.4) is 0 Å². The molecule has 0 saturated carbocycles. The van der Waals surface area contributed by atoms with E-state index in [1.54, 1.807) is 25.1 Å². The zero-order valence-corrected chi connectivity index (χ0v) is 9.80. The van der Waals surface area contributed by atoms with E-state index in [1.807, 2.05) is 0 Å². The summed E-state index contributed by atoms with van der Waals surface area (Å²) in [5, 5.41) is 20.2. The lowest BCUT2D eigenvalue weighted by Crippen LogP contribution is -2.07. The van der Waals surface area contributed by atoms with E-state index < -0.39 is 5.97 Å². The second kappa shape index (κ2) is 4.41. The van der Waals surface area contributed by atoms with Crippen LogP contribution in [0.25, 0.3) is 10.8 Å². The number of fused-ring (bicyclic) bond motifs is 1. The van der Waals surface area contributed by atoms with E-state index in [0.717, 1.165) is 5.39 Å². The highest BCUT2D eigenvalue weighted by Crippen LogP contribution is 2.32. The van der Waals surface area contributed by atoms with Gasteiger partial charge in [0.25, 0.3) is 0 Å². The van der Waals surface area contributed by atoms with Crippen LogP contribution in [0.1, 0.15) is 6.92 Å². The fraction of sp³-hybridized carbons (Fsp3) is 0.0714. The van der Waals surface area contributed by atoms with Gasteiger partial charge >= 0.3 is 5.97 Å². The molecule has 0 aliphatic heterocycles. The van der Waals surface area contributed by atoms with Crippen LogP contribution in [-0.2, 0) is 4.79 Å². The minimum atomic E-state index is -0.502. The van der Waals surface area contributed by atoms with Crippen molar-refractivity contribution in [1.82, 2.24) is 0 Å². The number of benzene rings is 2. The van der Waals surface area contributed by atoms with Crippen LogP contribution in [0.4, 0.5) is 0 Å². The lowest BCUT2D eigenvalue weighted by atomic mass is 10.1. The molecule has 0 aliphatic rings. The molecular weight excluding hydrogens is 232 g/mol. The van der Waals surface area contributed by atoms with Crippen molar-refractivity contribution in [3.63, 3.8) is 0 Å². The Morgan fingerprint density at radius 3 is 2.33 bits per heavy atom. The molecule has 2 aromatic rings. The number of rotatable bonds is 2. The Kier molecular flexibility index (Phi) is 2.93. The Balaban J connectivity index is 2.41. The number of ether oxygens (including phenoxy) is 1. The van der Waals surface area contributed by atoms with Gasteiger partial charge in [-0.3, -0.25) is 0 Å². The van der Waals surface area contributed by atoms with Gasteiger partial charge < -0.3 is 14.9 Å². The number of carbonyl (C=O) groups excluding carboxylic acids is 1. The second-order valence-corrected chi connectivity index (χ2v) is 4.02. The Morgan fingerprint density at radius 2 is 1.72 bits per heavy atom. The third kappa shape index (κ3) is 2.27. The van der Waals surface area contributed by atoms with Gasteiger partial charge in [-0.15, -0.1) is 0 Å². The third-order valence-corrected chi connectivity index (χ3v) is 2.46. The molecule has 0 saturated heterocycles. The molecule has 2 N–H and O–H groups in total. The van der Waals surface area contributed by atoms with Crippen molar-refractivity contribution in [2.45, 2.75) is 6.92 Å². The van der Waals surface area contributed by atoms with Gasteiger partial charge in [0.05, 0.1) is 0 Å². The number of hydrogen-bond acceptors (Lipinski definition) is 4. The first-order valence-electron chi connectivity index (χ1n) is 5.31. The first kappa shape index (κ1) is 12.0. The zero-order valence-electron chi connectivity index (χ0n) is 9.80. The average Bonchev–Trinajstić information content (AvgIpc) is 2.31. The first-order valence-corrected chi connectivity index (χ1v) is 5.31. The van der Waals surface area contributed by atoms with Crippen LogP contribution in [0, 0.1) is 0 Å². The summed E-state index contributed by atoms with van der Waals surface area (Å²) in [6.45, 7) is 5.05. The fourth-order valence-electron chi connectivity index (χ4n) is 1.51. The largest absolute Gasteiger partial charge is 0.504 e. The molecule has 0 bridgehead atoms. The Labute approximate surface area is 104 Å². The lowest BCUT2D eigenvalue weighted by molar-refractivity contribution is -0.130. The van der Waals surface area contributed by atoms with Crippen molar-refractivity contribution in [2.75, 3.05) is 0 Å². The van der Waals surface area contributed by atoms with Gasteiger partial charge in [-0.05, 0) is 42.0 Å². The normalized spacial score (nSPS) is 10.3. The summed E-state index contributed by atoms with van der Waals surface area (Å²) in [7, 11) is 0. The van der Waals surface area contributed by atoms with Gasteiger partial charge in [0.2, 0.25) is 0 Å². The van der Waals surface area contributed by atoms with E-state index in [1.165, 1.54) is 12.1 Å². The molecule has 0 aromatic heterocycles. The van der Waals surface area contributed by atoms with E-state index in [9.17, 15) is 15.0 Å². The van der Waals surface area contributed by atoms with Crippen molar-refractivity contribution < 1.29 is 19.7 Å². The quantitative estimate of drug-likeness (QED) is 0.369. The Bertz CT molecular complexity index is 644. The van der Waals surface area contributed by atoms with Crippen LogP contribution < -0.4 is 4.74 Å². The molecule has 2 rings (SSSR count). The maximum absolute atomic E-state index is 11.4. The number of esters is 1. The number of aromatic hydroxyl groups is 2. The fourth-order valence-corrected chi connectivity index (χ4v) is 1.51. The molecule has 0 atom stereocenters. The van der Waals surface area contributed by atoms with Gasteiger partial charge in [-0.1, -0.05) is 12.6 Å². The van der Waals surface area contributed by atoms with E-state index in [-0.39, 0.29) is 11.5 Å². The van der Waals surface area contributed by atoms with Crippen molar-refractivity contribution in [1.29, 1.82) is 0 Å². The summed E-state index contributed by atoms with van der Waals surface area (Å²) in [5.74, 6) is -0.544. The SMILES string of the molecule is C=C(C)C(=O)Oc1ccc2cc(O)c(O)cc2c1. The predicted octanol–water partition coefficient (Wildman–Crippen LogP) is 2.73. The second-order valence-electron chi connectivity index (χ2n) is 4.02. The van der Waals surface area contributed by atoms with Crippen LogP contribution in [0.15, 0.2) is 42.5 Å². The molecule has 0 amide bonds. The molecule has 18 heavy (non-hydrogen) atoms. The van der Waals surface area contributed by atoms with E-state index >= 15 is 0 Å². The number of phenols is 2. The highest BCUT2D eigenvalue weighted by Gasteiger charge is 2.07. The number of carbonyl (C=O) groups is 1. The molecule has 0 spiro atoms. The molecule has 0 heterocycles. The van der Waals surface area contributed by atoms with Gasteiger partial charge in [0, 0.05) is 5.57 Å². The Morgan fingerprint density at radius 1 is 1.11 bits per heavy atom. The summed E-state index contributed by atoms with van der Waals surface area (Å²) in [6, 6.07) is 7.75. The van der Waals surface area contributed by atoms with Gasteiger partial charge in [-0.25, -0.2) is 4.79 Å². The minimum Gasteiger partial charge on any atom is -0.504 e. The molecule has 0 fully saturated rings. The molecular formula is C14H12O4. The summed E-state index contributed by atoms with van der Waals surface area (Å²) >= 11 is 0.